The van der Waals surface area contributed by atoms with Crippen LogP contribution in [0, 0.1) is 5.41 Å². The van der Waals surface area contributed by atoms with E-state index < -0.39 is 0 Å². The van der Waals surface area contributed by atoms with Crippen molar-refractivity contribution in [2.45, 2.75) is 91.9 Å². The minimum Gasteiger partial charge on any atom is -0.300 e. The molecule has 0 radical (unpaired) electrons. The van der Waals surface area contributed by atoms with Gasteiger partial charge in [0.2, 0.25) is 0 Å². The summed E-state index contributed by atoms with van der Waals surface area (Å²) in [7, 11) is 0. The lowest BCUT2D eigenvalue weighted by Gasteiger charge is -2.16. The van der Waals surface area contributed by atoms with E-state index in [4.69, 9.17) is 0 Å². The highest BCUT2D eigenvalue weighted by Crippen LogP contribution is 2.20. The van der Waals surface area contributed by atoms with Crippen LogP contribution in [0.5, 0.6) is 0 Å². The van der Waals surface area contributed by atoms with E-state index in [2.05, 4.69) is 27.7 Å². The number of Topliss-reactive ketones (excluding diaryl/α,β-unsaturated/α-hetero) is 1. The normalized spacial score (nSPS) is 11.8. The maximum atomic E-state index is 11.6. The minimum atomic E-state index is 0.164. The molecule has 0 aliphatic heterocycles. The number of hydrogen-bond acceptors (Lipinski definition) is 1. The fourth-order valence-electron chi connectivity index (χ4n) is 2.14. The van der Waals surface area contributed by atoms with Crippen LogP contribution in [0.2, 0.25) is 0 Å². The Hall–Kier alpha value is -0.330. The van der Waals surface area contributed by atoms with Crippen molar-refractivity contribution in [3.8, 4) is 0 Å². The summed E-state index contributed by atoms with van der Waals surface area (Å²) in [6.45, 7) is 8.66. The molecule has 0 amide bonds. The molecule has 0 bridgehead atoms. The molecule has 0 N–H and O–H groups in total. The first kappa shape index (κ1) is 16.7. The summed E-state index contributed by atoms with van der Waals surface area (Å²) >= 11 is 0. The van der Waals surface area contributed by atoms with Crippen molar-refractivity contribution >= 4 is 5.78 Å². The van der Waals surface area contributed by atoms with E-state index >= 15 is 0 Å². The van der Waals surface area contributed by atoms with Crippen molar-refractivity contribution in [2.24, 2.45) is 5.41 Å². The van der Waals surface area contributed by atoms with E-state index in [0.717, 1.165) is 19.3 Å². The Morgan fingerprint density at radius 3 is 1.76 bits per heavy atom. The summed E-state index contributed by atoms with van der Waals surface area (Å²) in [5.41, 5.74) is 0.164. The second-order valence-electron chi connectivity index (χ2n) is 6.50. The van der Waals surface area contributed by atoms with E-state index in [0.29, 0.717) is 5.78 Å². The van der Waals surface area contributed by atoms with Crippen LogP contribution in [-0.2, 0) is 4.79 Å². The van der Waals surface area contributed by atoms with Crippen molar-refractivity contribution < 1.29 is 4.79 Å². The molecule has 0 saturated carbocycles. The minimum absolute atomic E-state index is 0.164. The van der Waals surface area contributed by atoms with Crippen molar-refractivity contribution in [3.63, 3.8) is 0 Å². The second-order valence-corrected chi connectivity index (χ2v) is 6.50. The van der Waals surface area contributed by atoms with E-state index in [1.165, 1.54) is 44.9 Å². The van der Waals surface area contributed by atoms with Gasteiger partial charge in [-0.2, -0.15) is 0 Å². The first-order chi connectivity index (χ1) is 7.95. The highest BCUT2D eigenvalue weighted by Gasteiger charge is 2.15. The Morgan fingerprint density at radius 2 is 1.29 bits per heavy atom. The standard InChI is InChI=1S/C16H32O/c1-5-6-7-8-9-10-11-12-13-15(17)14-16(2,3)4/h5-14H2,1-4H3. The van der Waals surface area contributed by atoms with Gasteiger partial charge in [-0.15, -0.1) is 0 Å². The molecule has 0 unspecified atom stereocenters. The van der Waals surface area contributed by atoms with Crippen LogP contribution in [0.25, 0.3) is 0 Å². The monoisotopic (exact) mass is 240 g/mol. The first-order valence-corrected chi connectivity index (χ1v) is 7.47. The quantitative estimate of drug-likeness (QED) is 0.459. The summed E-state index contributed by atoms with van der Waals surface area (Å²) in [5, 5.41) is 0. The molecule has 0 heterocycles. The van der Waals surface area contributed by atoms with Gasteiger partial charge in [0.1, 0.15) is 5.78 Å². The highest BCUT2D eigenvalue weighted by atomic mass is 16.1. The van der Waals surface area contributed by atoms with E-state index in [1.54, 1.807) is 0 Å². The number of ketones is 1. The molecule has 0 spiro atoms. The summed E-state index contributed by atoms with van der Waals surface area (Å²) in [4.78, 5) is 11.6. The second kappa shape index (κ2) is 9.67. The zero-order chi connectivity index (χ0) is 13.1. The van der Waals surface area contributed by atoms with Gasteiger partial charge in [-0.05, 0) is 11.8 Å². The SMILES string of the molecule is CCCCCCCCCCC(=O)CC(C)(C)C. The van der Waals surface area contributed by atoms with Gasteiger partial charge >= 0.3 is 0 Å². The molecule has 0 saturated heterocycles. The van der Waals surface area contributed by atoms with E-state index in [1.807, 2.05) is 0 Å². The van der Waals surface area contributed by atoms with Gasteiger partial charge in [-0.1, -0.05) is 72.6 Å². The van der Waals surface area contributed by atoms with Crippen LogP contribution in [0.3, 0.4) is 0 Å². The molecule has 102 valence electrons. The molecule has 0 aliphatic rings. The number of unbranched alkanes of at least 4 members (excludes halogenated alkanes) is 7. The summed E-state index contributed by atoms with van der Waals surface area (Å²) in [5.74, 6) is 0.448. The molecule has 0 aromatic heterocycles. The van der Waals surface area contributed by atoms with Crippen molar-refractivity contribution in [2.75, 3.05) is 0 Å². The lowest BCUT2D eigenvalue weighted by molar-refractivity contribution is -0.120. The zero-order valence-electron chi connectivity index (χ0n) is 12.5. The maximum Gasteiger partial charge on any atom is 0.133 e. The number of hydrogen-bond donors (Lipinski definition) is 0. The molecule has 0 rings (SSSR count). The Morgan fingerprint density at radius 1 is 0.824 bits per heavy atom. The Balaban J connectivity index is 3.25. The fourth-order valence-corrected chi connectivity index (χ4v) is 2.14. The van der Waals surface area contributed by atoms with Gasteiger partial charge in [0, 0.05) is 12.8 Å². The largest absolute Gasteiger partial charge is 0.300 e. The fraction of sp³-hybridized carbons (Fsp3) is 0.938. The van der Waals surface area contributed by atoms with Gasteiger partial charge in [0.05, 0.1) is 0 Å². The van der Waals surface area contributed by atoms with Gasteiger partial charge < -0.3 is 0 Å². The molecule has 0 fully saturated rings. The van der Waals surface area contributed by atoms with Gasteiger partial charge in [0.25, 0.3) is 0 Å². The van der Waals surface area contributed by atoms with Crippen LogP contribution >= 0.6 is 0 Å². The number of carbonyl (C=O) groups excluding carboxylic acids is 1. The van der Waals surface area contributed by atoms with Crippen LogP contribution in [0.4, 0.5) is 0 Å². The van der Waals surface area contributed by atoms with E-state index in [-0.39, 0.29) is 5.41 Å². The zero-order valence-corrected chi connectivity index (χ0v) is 12.5. The molecule has 17 heavy (non-hydrogen) atoms. The maximum absolute atomic E-state index is 11.6. The number of carbonyl (C=O) groups is 1. The summed E-state index contributed by atoms with van der Waals surface area (Å²) in [6.07, 6.45) is 12.0. The average Bonchev–Trinajstić information content (AvgIpc) is 2.19. The summed E-state index contributed by atoms with van der Waals surface area (Å²) in [6, 6.07) is 0. The third kappa shape index (κ3) is 13.6. The van der Waals surface area contributed by atoms with Gasteiger partial charge in [-0.3, -0.25) is 4.79 Å². The van der Waals surface area contributed by atoms with Gasteiger partial charge in [-0.25, -0.2) is 0 Å². The molecule has 0 aromatic rings. The third-order valence-electron chi connectivity index (χ3n) is 3.04. The first-order valence-electron chi connectivity index (χ1n) is 7.47. The molecule has 1 nitrogen and oxygen atoms in total. The van der Waals surface area contributed by atoms with Crippen molar-refractivity contribution in [1.29, 1.82) is 0 Å². The van der Waals surface area contributed by atoms with Gasteiger partial charge in [0.15, 0.2) is 0 Å². The van der Waals surface area contributed by atoms with E-state index in [9.17, 15) is 4.79 Å². The third-order valence-corrected chi connectivity index (χ3v) is 3.04. The Bertz CT molecular complexity index is 188. The van der Waals surface area contributed by atoms with Crippen molar-refractivity contribution in [1.82, 2.24) is 0 Å². The predicted octanol–water partition coefficient (Wildman–Crippen LogP) is 5.52. The van der Waals surface area contributed by atoms with Crippen LogP contribution in [0.15, 0.2) is 0 Å². The number of rotatable bonds is 10. The predicted molar refractivity (Wildman–Crippen MR) is 76.3 cm³/mol. The lowest BCUT2D eigenvalue weighted by atomic mass is 9.88. The Labute approximate surface area is 108 Å². The Kier molecular flexibility index (Phi) is 9.49. The van der Waals surface area contributed by atoms with Crippen LogP contribution in [0.1, 0.15) is 91.9 Å². The molecule has 1 heteroatoms. The highest BCUT2D eigenvalue weighted by molar-refractivity contribution is 5.78. The smallest absolute Gasteiger partial charge is 0.133 e. The van der Waals surface area contributed by atoms with Crippen LogP contribution < -0.4 is 0 Å². The lowest BCUT2D eigenvalue weighted by Crippen LogP contribution is -2.12. The van der Waals surface area contributed by atoms with Crippen LogP contribution in [-0.4, -0.2) is 5.78 Å². The summed E-state index contributed by atoms with van der Waals surface area (Å²) < 4.78 is 0. The molecular weight excluding hydrogens is 208 g/mol. The topological polar surface area (TPSA) is 17.1 Å². The molecular formula is C16H32O. The van der Waals surface area contributed by atoms with Crippen molar-refractivity contribution in [3.05, 3.63) is 0 Å². The molecule has 0 atom stereocenters. The molecule has 0 aromatic carbocycles. The molecule has 0 aliphatic carbocycles. The average molecular weight is 240 g/mol.